The molecule has 2 heterocycles. The molecule has 1 unspecified atom stereocenters. The van der Waals surface area contributed by atoms with Crippen LogP contribution in [0.25, 0.3) is 6.08 Å². The molecule has 162 valence electrons. The van der Waals surface area contributed by atoms with E-state index in [-0.39, 0.29) is 12.0 Å². The van der Waals surface area contributed by atoms with E-state index in [0.717, 1.165) is 46.5 Å². The lowest BCUT2D eigenvalue weighted by molar-refractivity contribution is -0.123. The molecule has 0 aliphatic carbocycles. The molecule has 1 N–H and O–H groups in total. The number of benzene rings is 2. The Labute approximate surface area is 195 Å². The van der Waals surface area contributed by atoms with Gasteiger partial charge in [-0.2, -0.15) is 0 Å². The molecular formula is C23H23BrN2O4S. The number of thiocarbonyl (C=S) groups is 1. The molecule has 0 radical (unpaired) electrons. The van der Waals surface area contributed by atoms with E-state index in [1.54, 1.807) is 18.1 Å². The molecule has 1 atom stereocenters. The first-order chi connectivity index (χ1) is 15.0. The summed E-state index contributed by atoms with van der Waals surface area (Å²) in [7, 11) is 1.62. The van der Waals surface area contributed by atoms with E-state index < -0.39 is 0 Å². The van der Waals surface area contributed by atoms with Gasteiger partial charge in [-0.3, -0.25) is 9.69 Å². The second-order valence-corrected chi connectivity index (χ2v) is 8.66. The molecule has 8 heteroatoms. The first kappa shape index (κ1) is 21.8. The van der Waals surface area contributed by atoms with Gasteiger partial charge in [0.05, 0.1) is 19.8 Å². The van der Waals surface area contributed by atoms with Crippen LogP contribution in [0.1, 0.15) is 24.0 Å². The van der Waals surface area contributed by atoms with Crippen LogP contribution < -0.4 is 14.8 Å². The summed E-state index contributed by atoms with van der Waals surface area (Å²) in [6.45, 7) is 1.56. The van der Waals surface area contributed by atoms with Crippen LogP contribution >= 0.6 is 28.1 Å². The average molecular weight is 503 g/mol. The fourth-order valence-electron chi connectivity index (χ4n) is 3.62. The van der Waals surface area contributed by atoms with Crippen LogP contribution in [-0.4, -0.2) is 42.3 Å². The lowest BCUT2D eigenvalue weighted by Crippen LogP contribution is -2.37. The fourth-order valence-corrected chi connectivity index (χ4v) is 4.26. The SMILES string of the molecule is COc1ccc(/C=C2/NC(=S)N(CC3CCCO3)C2=O)cc1COc1cccc(Br)c1. The van der Waals surface area contributed by atoms with Gasteiger partial charge in [-0.05, 0) is 67.0 Å². The topological polar surface area (TPSA) is 60.0 Å². The van der Waals surface area contributed by atoms with Crippen molar-refractivity contribution in [2.75, 3.05) is 20.3 Å². The normalized spacial score (nSPS) is 19.7. The molecule has 2 aliphatic rings. The predicted molar refractivity (Wildman–Crippen MR) is 126 cm³/mol. The number of rotatable bonds is 7. The van der Waals surface area contributed by atoms with E-state index in [1.807, 2.05) is 42.5 Å². The van der Waals surface area contributed by atoms with E-state index in [0.29, 0.717) is 24.0 Å². The zero-order chi connectivity index (χ0) is 21.8. The third kappa shape index (κ3) is 5.26. The van der Waals surface area contributed by atoms with E-state index >= 15 is 0 Å². The highest BCUT2D eigenvalue weighted by Crippen LogP contribution is 2.25. The number of hydrogen-bond donors (Lipinski definition) is 1. The van der Waals surface area contributed by atoms with Gasteiger partial charge in [0.15, 0.2) is 5.11 Å². The maximum Gasteiger partial charge on any atom is 0.276 e. The van der Waals surface area contributed by atoms with Crippen molar-refractivity contribution in [1.29, 1.82) is 0 Å². The summed E-state index contributed by atoms with van der Waals surface area (Å²) < 4.78 is 18.0. The molecule has 2 aromatic rings. The standard InChI is InChI=1S/C23H23BrN2O4S/c1-28-21-8-7-15(10-16(21)14-30-18-5-2-4-17(24)12-18)11-20-22(27)26(23(31)25-20)13-19-6-3-9-29-19/h2,4-5,7-8,10-12,19H,3,6,9,13-14H2,1H3,(H,25,31)/b20-11+. The maximum absolute atomic E-state index is 12.9. The Morgan fingerprint density at radius 2 is 2.19 bits per heavy atom. The largest absolute Gasteiger partial charge is 0.496 e. The van der Waals surface area contributed by atoms with Gasteiger partial charge in [-0.1, -0.05) is 28.1 Å². The lowest BCUT2D eigenvalue weighted by atomic mass is 10.1. The van der Waals surface area contributed by atoms with Gasteiger partial charge >= 0.3 is 0 Å². The van der Waals surface area contributed by atoms with Gasteiger partial charge in [0, 0.05) is 16.6 Å². The third-order valence-electron chi connectivity index (χ3n) is 5.18. The molecule has 2 aliphatic heterocycles. The Kier molecular flexibility index (Phi) is 6.89. The van der Waals surface area contributed by atoms with Gasteiger partial charge in [-0.15, -0.1) is 0 Å². The van der Waals surface area contributed by atoms with Gasteiger partial charge in [-0.25, -0.2) is 0 Å². The number of carbonyl (C=O) groups excluding carboxylic acids is 1. The highest BCUT2D eigenvalue weighted by atomic mass is 79.9. The van der Waals surface area contributed by atoms with Crippen molar-refractivity contribution in [1.82, 2.24) is 10.2 Å². The number of methoxy groups -OCH3 is 1. The number of carbonyl (C=O) groups is 1. The summed E-state index contributed by atoms with van der Waals surface area (Å²) in [5.74, 6) is 1.34. The summed E-state index contributed by atoms with van der Waals surface area (Å²) in [5.41, 5.74) is 2.18. The number of ether oxygens (including phenoxy) is 3. The summed E-state index contributed by atoms with van der Waals surface area (Å²) in [4.78, 5) is 14.4. The van der Waals surface area contributed by atoms with Crippen LogP contribution in [0, 0.1) is 0 Å². The zero-order valence-electron chi connectivity index (χ0n) is 17.1. The lowest BCUT2D eigenvalue weighted by Gasteiger charge is -2.18. The fraction of sp³-hybridized carbons (Fsp3) is 0.304. The Hall–Kier alpha value is -2.42. The Morgan fingerprint density at radius 1 is 1.32 bits per heavy atom. The monoisotopic (exact) mass is 502 g/mol. The Morgan fingerprint density at radius 3 is 2.94 bits per heavy atom. The van der Waals surface area contributed by atoms with Gasteiger partial charge < -0.3 is 19.5 Å². The summed E-state index contributed by atoms with van der Waals surface area (Å²) >= 11 is 8.82. The zero-order valence-corrected chi connectivity index (χ0v) is 19.5. The third-order valence-corrected chi connectivity index (χ3v) is 5.99. The second-order valence-electron chi connectivity index (χ2n) is 7.36. The Bertz CT molecular complexity index is 1020. The molecular weight excluding hydrogens is 480 g/mol. The Balaban J connectivity index is 1.50. The van der Waals surface area contributed by atoms with Crippen LogP contribution in [0.3, 0.4) is 0 Å². The first-order valence-corrected chi connectivity index (χ1v) is 11.2. The molecule has 1 amide bonds. The van der Waals surface area contributed by atoms with Crippen molar-refractivity contribution in [3.63, 3.8) is 0 Å². The average Bonchev–Trinajstić information content (AvgIpc) is 3.37. The highest BCUT2D eigenvalue weighted by molar-refractivity contribution is 9.10. The molecule has 0 saturated carbocycles. The van der Waals surface area contributed by atoms with Gasteiger partial charge in [0.2, 0.25) is 0 Å². The van der Waals surface area contributed by atoms with Crippen LogP contribution in [-0.2, 0) is 16.1 Å². The van der Waals surface area contributed by atoms with Crippen LogP contribution in [0.2, 0.25) is 0 Å². The van der Waals surface area contributed by atoms with Crippen molar-refractivity contribution in [2.24, 2.45) is 0 Å². The minimum atomic E-state index is -0.136. The molecule has 2 saturated heterocycles. The molecule has 2 aromatic carbocycles. The maximum atomic E-state index is 12.9. The quantitative estimate of drug-likeness (QED) is 0.450. The van der Waals surface area contributed by atoms with Crippen molar-refractivity contribution in [2.45, 2.75) is 25.6 Å². The summed E-state index contributed by atoms with van der Waals surface area (Å²) in [5, 5.41) is 3.45. The number of amides is 1. The number of nitrogens with one attached hydrogen (secondary N) is 1. The number of hydrogen-bond acceptors (Lipinski definition) is 5. The summed E-state index contributed by atoms with van der Waals surface area (Å²) in [6.07, 6.45) is 3.81. The van der Waals surface area contributed by atoms with Crippen LogP contribution in [0.4, 0.5) is 0 Å². The van der Waals surface area contributed by atoms with Crippen molar-refractivity contribution in [3.8, 4) is 11.5 Å². The molecule has 2 fully saturated rings. The van der Waals surface area contributed by atoms with E-state index in [9.17, 15) is 4.79 Å². The smallest absolute Gasteiger partial charge is 0.276 e. The molecule has 0 aromatic heterocycles. The predicted octanol–water partition coefficient (Wildman–Crippen LogP) is 4.27. The van der Waals surface area contributed by atoms with Gasteiger partial charge in [0.25, 0.3) is 5.91 Å². The molecule has 0 spiro atoms. The van der Waals surface area contributed by atoms with Crippen LogP contribution in [0.15, 0.2) is 52.6 Å². The molecule has 4 rings (SSSR count). The second kappa shape index (κ2) is 9.80. The highest BCUT2D eigenvalue weighted by Gasteiger charge is 2.33. The minimum Gasteiger partial charge on any atom is -0.496 e. The van der Waals surface area contributed by atoms with E-state index in [1.165, 1.54) is 0 Å². The van der Waals surface area contributed by atoms with Crippen molar-refractivity contribution in [3.05, 3.63) is 63.8 Å². The van der Waals surface area contributed by atoms with E-state index in [2.05, 4.69) is 21.2 Å². The van der Waals surface area contributed by atoms with Crippen molar-refractivity contribution >= 4 is 45.2 Å². The van der Waals surface area contributed by atoms with E-state index in [4.69, 9.17) is 26.4 Å². The summed E-state index contributed by atoms with van der Waals surface area (Å²) in [6, 6.07) is 13.4. The first-order valence-electron chi connectivity index (χ1n) is 10.0. The molecule has 6 nitrogen and oxygen atoms in total. The minimum absolute atomic E-state index is 0.0470. The van der Waals surface area contributed by atoms with Crippen molar-refractivity contribution < 1.29 is 19.0 Å². The molecule has 31 heavy (non-hydrogen) atoms. The van der Waals surface area contributed by atoms with Gasteiger partial charge in [0.1, 0.15) is 23.8 Å². The molecule has 0 bridgehead atoms. The number of halogens is 1. The van der Waals surface area contributed by atoms with Crippen LogP contribution in [0.5, 0.6) is 11.5 Å². The number of nitrogens with zero attached hydrogens (tertiary/aromatic N) is 1.